The first-order valence-corrected chi connectivity index (χ1v) is 9.48. The van der Waals surface area contributed by atoms with Crippen LogP contribution in [-0.4, -0.2) is 61.7 Å². The summed E-state index contributed by atoms with van der Waals surface area (Å²) in [6, 6.07) is 12.8. The van der Waals surface area contributed by atoms with E-state index in [4.69, 9.17) is 9.47 Å². The van der Waals surface area contributed by atoms with Gasteiger partial charge in [-0.25, -0.2) is 0 Å². The van der Waals surface area contributed by atoms with Gasteiger partial charge < -0.3 is 14.4 Å². The molecule has 0 radical (unpaired) electrons. The quantitative estimate of drug-likeness (QED) is 0.514. The zero-order valence-corrected chi connectivity index (χ0v) is 16.5. The van der Waals surface area contributed by atoms with E-state index in [9.17, 15) is 10.1 Å². The molecule has 1 saturated heterocycles. The second-order valence-corrected chi connectivity index (χ2v) is 6.97. The molecular formula is C21H27N3O4. The molecule has 0 amide bonds. The van der Waals surface area contributed by atoms with E-state index in [-0.39, 0.29) is 10.6 Å². The summed E-state index contributed by atoms with van der Waals surface area (Å²) in [5.41, 5.74) is 2.42. The lowest BCUT2D eigenvalue weighted by Crippen LogP contribution is -2.46. The molecule has 3 rings (SSSR count). The maximum Gasteiger partial charge on any atom is 0.269 e. The number of methoxy groups -OCH3 is 2. The molecule has 1 aliphatic rings. The minimum atomic E-state index is -0.361. The summed E-state index contributed by atoms with van der Waals surface area (Å²) < 4.78 is 10.8. The predicted octanol–water partition coefficient (Wildman–Crippen LogP) is 2.97. The Kier molecular flexibility index (Phi) is 6.84. The third-order valence-electron chi connectivity index (χ3n) is 5.21. The van der Waals surface area contributed by atoms with Gasteiger partial charge in [0, 0.05) is 57.0 Å². The molecule has 1 heterocycles. The fraction of sp³-hybridized carbons (Fsp3) is 0.429. The average Bonchev–Trinajstić information content (AvgIpc) is 2.73. The highest BCUT2D eigenvalue weighted by Crippen LogP contribution is 2.25. The highest BCUT2D eigenvalue weighted by molar-refractivity contribution is 5.40. The molecule has 0 atom stereocenters. The number of ether oxygens (including phenoxy) is 2. The Bertz CT molecular complexity index is 787. The molecule has 0 bridgehead atoms. The molecule has 0 saturated carbocycles. The molecule has 7 nitrogen and oxygen atoms in total. The number of benzene rings is 2. The lowest BCUT2D eigenvalue weighted by molar-refractivity contribution is -0.384. The van der Waals surface area contributed by atoms with Crippen LogP contribution >= 0.6 is 0 Å². The molecule has 2 aromatic carbocycles. The molecule has 7 heteroatoms. The van der Waals surface area contributed by atoms with Crippen LogP contribution in [0.15, 0.2) is 42.5 Å². The molecule has 1 fully saturated rings. The zero-order chi connectivity index (χ0) is 19.9. The number of hydrogen-bond donors (Lipinski definition) is 0. The van der Waals surface area contributed by atoms with Gasteiger partial charge in [0.25, 0.3) is 5.69 Å². The highest BCUT2D eigenvalue weighted by atomic mass is 16.6. The summed E-state index contributed by atoms with van der Waals surface area (Å²) in [4.78, 5) is 15.2. The first kappa shape index (κ1) is 20.1. The monoisotopic (exact) mass is 385 g/mol. The summed E-state index contributed by atoms with van der Waals surface area (Å²) in [7, 11) is 3.37. The highest BCUT2D eigenvalue weighted by Gasteiger charge is 2.18. The van der Waals surface area contributed by atoms with E-state index < -0.39 is 0 Å². The van der Waals surface area contributed by atoms with Gasteiger partial charge in [0.05, 0.1) is 19.1 Å². The van der Waals surface area contributed by atoms with Gasteiger partial charge in [-0.1, -0.05) is 12.1 Å². The molecule has 1 aliphatic heterocycles. The molecule has 0 spiro atoms. The first-order valence-electron chi connectivity index (χ1n) is 9.48. The average molecular weight is 385 g/mol. The number of rotatable bonds is 8. The molecule has 0 unspecified atom stereocenters. The number of non-ortho nitro benzene ring substituents is 1. The van der Waals surface area contributed by atoms with E-state index in [1.54, 1.807) is 26.4 Å². The minimum absolute atomic E-state index is 0.144. The number of nitrogens with zero attached hydrogens (tertiary/aromatic N) is 3. The van der Waals surface area contributed by atoms with Crippen LogP contribution in [0.25, 0.3) is 0 Å². The lowest BCUT2D eigenvalue weighted by atomic mass is 10.1. The summed E-state index contributed by atoms with van der Waals surface area (Å²) in [6.45, 7) is 5.84. The van der Waals surface area contributed by atoms with E-state index in [0.29, 0.717) is 0 Å². The van der Waals surface area contributed by atoms with Crippen LogP contribution < -0.4 is 9.47 Å². The smallest absolute Gasteiger partial charge is 0.269 e. The van der Waals surface area contributed by atoms with Crippen LogP contribution in [0.1, 0.15) is 11.1 Å². The van der Waals surface area contributed by atoms with Crippen molar-refractivity contribution in [2.45, 2.75) is 13.0 Å². The van der Waals surface area contributed by atoms with Crippen LogP contribution in [-0.2, 0) is 13.0 Å². The van der Waals surface area contributed by atoms with Gasteiger partial charge in [0.2, 0.25) is 0 Å². The van der Waals surface area contributed by atoms with E-state index in [0.717, 1.165) is 68.3 Å². The van der Waals surface area contributed by atoms with Crippen molar-refractivity contribution in [3.8, 4) is 11.5 Å². The van der Waals surface area contributed by atoms with Crippen molar-refractivity contribution in [2.75, 3.05) is 46.9 Å². The van der Waals surface area contributed by atoms with Gasteiger partial charge in [-0.05, 0) is 30.2 Å². The fourth-order valence-electron chi connectivity index (χ4n) is 3.49. The van der Waals surface area contributed by atoms with Crippen LogP contribution in [0.5, 0.6) is 11.5 Å². The third-order valence-corrected chi connectivity index (χ3v) is 5.21. The Labute approximate surface area is 165 Å². The zero-order valence-electron chi connectivity index (χ0n) is 16.5. The second-order valence-electron chi connectivity index (χ2n) is 6.97. The van der Waals surface area contributed by atoms with Gasteiger partial charge in [0.15, 0.2) is 0 Å². The van der Waals surface area contributed by atoms with Crippen LogP contribution in [0, 0.1) is 10.1 Å². The SMILES string of the molecule is COc1ccc(OC)c(CN2CCN(CCc3ccc([N+](=O)[O-])cc3)CC2)c1. The first-order chi connectivity index (χ1) is 13.6. The lowest BCUT2D eigenvalue weighted by Gasteiger charge is -2.35. The van der Waals surface area contributed by atoms with Crippen molar-refractivity contribution in [3.05, 3.63) is 63.7 Å². The van der Waals surface area contributed by atoms with Gasteiger partial charge in [0.1, 0.15) is 11.5 Å². The number of nitro benzene ring substituents is 1. The Morgan fingerprint density at radius 1 is 0.964 bits per heavy atom. The van der Waals surface area contributed by atoms with Gasteiger partial charge >= 0.3 is 0 Å². The van der Waals surface area contributed by atoms with E-state index >= 15 is 0 Å². The second kappa shape index (κ2) is 9.52. The van der Waals surface area contributed by atoms with Crippen molar-refractivity contribution in [1.82, 2.24) is 9.80 Å². The molecule has 2 aromatic rings. The Balaban J connectivity index is 1.47. The number of hydrogen-bond acceptors (Lipinski definition) is 6. The third kappa shape index (κ3) is 5.21. The Hall–Kier alpha value is -2.64. The molecule has 0 aliphatic carbocycles. The fourth-order valence-corrected chi connectivity index (χ4v) is 3.49. The summed E-state index contributed by atoms with van der Waals surface area (Å²) in [5, 5.41) is 10.7. The van der Waals surface area contributed by atoms with Crippen molar-refractivity contribution < 1.29 is 14.4 Å². The predicted molar refractivity (Wildman–Crippen MR) is 108 cm³/mol. The summed E-state index contributed by atoms with van der Waals surface area (Å²) in [6.07, 6.45) is 0.904. The molecule has 0 aromatic heterocycles. The topological polar surface area (TPSA) is 68.1 Å². The minimum Gasteiger partial charge on any atom is -0.497 e. The van der Waals surface area contributed by atoms with Crippen molar-refractivity contribution >= 4 is 5.69 Å². The van der Waals surface area contributed by atoms with Gasteiger partial charge in [-0.15, -0.1) is 0 Å². The van der Waals surface area contributed by atoms with Gasteiger partial charge in [-0.3, -0.25) is 15.0 Å². The maximum absolute atomic E-state index is 10.7. The Morgan fingerprint density at radius 2 is 1.64 bits per heavy atom. The molecule has 150 valence electrons. The van der Waals surface area contributed by atoms with E-state index in [1.165, 1.54) is 0 Å². The Morgan fingerprint density at radius 3 is 2.25 bits per heavy atom. The number of piperazine rings is 1. The largest absolute Gasteiger partial charge is 0.497 e. The van der Waals surface area contributed by atoms with E-state index in [1.807, 2.05) is 30.3 Å². The van der Waals surface area contributed by atoms with E-state index in [2.05, 4.69) is 9.80 Å². The van der Waals surface area contributed by atoms with Crippen molar-refractivity contribution in [3.63, 3.8) is 0 Å². The molecule has 0 N–H and O–H groups in total. The van der Waals surface area contributed by atoms with Crippen molar-refractivity contribution in [1.29, 1.82) is 0 Å². The summed E-state index contributed by atoms with van der Waals surface area (Å²) >= 11 is 0. The van der Waals surface area contributed by atoms with Crippen LogP contribution in [0.4, 0.5) is 5.69 Å². The van der Waals surface area contributed by atoms with Crippen LogP contribution in [0.2, 0.25) is 0 Å². The van der Waals surface area contributed by atoms with Crippen molar-refractivity contribution in [2.24, 2.45) is 0 Å². The van der Waals surface area contributed by atoms with Crippen LogP contribution in [0.3, 0.4) is 0 Å². The maximum atomic E-state index is 10.7. The number of nitro groups is 1. The van der Waals surface area contributed by atoms with Gasteiger partial charge in [-0.2, -0.15) is 0 Å². The normalized spacial score (nSPS) is 15.4. The summed E-state index contributed by atoms with van der Waals surface area (Å²) in [5.74, 6) is 1.74. The molecule has 28 heavy (non-hydrogen) atoms. The standard InChI is InChI=1S/C21H27N3O4/c1-27-20-7-8-21(28-2)18(15-20)16-23-13-11-22(12-14-23)10-9-17-3-5-19(6-4-17)24(25)26/h3-8,15H,9-14,16H2,1-2H3. The molecular weight excluding hydrogens is 358 g/mol.